The predicted octanol–water partition coefficient (Wildman–Crippen LogP) is 4.36. The second-order valence-electron chi connectivity index (χ2n) is 5.36. The number of rotatable bonds is 4. The number of halogens is 2. The van der Waals surface area contributed by atoms with Crippen LogP contribution >= 0.6 is 0 Å². The number of methoxy groups -OCH3 is 1. The fraction of sp³-hybridized carbons (Fsp3) is 0.294. The summed E-state index contributed by atoms with van der Waals surface area (Å²) in [5, 5.41) is 0. The maximum absolute atomic E-state index is 14.2. The van der Waals surface area contributed by atoms with Crippen LogP contribution < -0.4 is 4.74 Å². The van der Waals surface area contributed by atoms with E-state index in [1.54, 1.807) is 16.7 Å². The normalized spacial score (nSPS) is 12.6. The molecule has 4 nitrogen and oxygen atoms in total. The Bertz CT molecular complexity index is 840. The Morgan fingerprint density at radius 1 is 1.13 bits per heavy atom. The molecule has 0 radical (unpaired) electrons. The summed E-state index contributed by atoms with van der Waals surface area (Å²) in [6, 6.07) is 7.19. The highest BCUT2D eigenvalue weighted by Gasteiger charge is 2.22. The molecule has 3 aromatic rings. The van der Waals surface area contributed by atoms with E-state index in [0.29, 0.717) is 17.0 Å². The van der Waals surface area contributed by atoms with Gasteiger partial charge in [-0.25, -0.2) is 13.8 Å². The van der Waals surface area contributed by atoms with Gasteiger partial charge in [-0.15, -0.1) is 0 Å². The maximum Gasteiger partial charge on any atom is 0.215 e. The van der Waals surface area contributed by atoms with Gasteiger partial charge >= 0.3 is 0 Å². The lowest BCUT2D eigenvalue weighted by atomic mass is 10.1. The molecule has 1 unspecified atom stereocenters. The van der Waals surface area contributed by atoms with Crippen molar-refractivity contribution in [2.24, 2.45) is 0 Å². The van der Waals surface area contributed by atoms with Gasteiger partial charge in [-0.1, -0.05) is 13.0 Å². The molecule has 2 heterocycles. The smallest absolute Gasteiger partial charge is 0.215 e. The quantitative estimate of drug-likeness (QED) is 0.718. The fourth-order valence-corrected chi connectivity index (χ4v) is 2.56. The number of hydrogen-bond donors (Lipinski definition) is 0. The molecule has 0 aliphatic carbocycles. The molecule has 1 atom stereocenters. The van der Waals surface area contributed by atoms with E-state index in [1.807, 2.05) is 13.8 Å². The van der Waals surface area contributed by atoms with E-state index < -0.39 is 11.6 Å². The van der Waals surface area contributed by atoms with Gasteiger partial charge in [0.25, 0.3) is 0 Å². The second-order valence-corrected chi connectivity index (χ2v) is 5.36. The van der Waals surface area contributed by atoms with Crippen LogP contribution in [-0.4, -0.2) is 21.6 Å². The van der Waals surface area contributed by atoms with E-state index in [4.69, 9.17) is 4.74 Å². The first kappa shape index (κ1) is 15.4. The third kappa shape index (κ3) is 2.54. The number of nitrogens with zero attached hydrogens (tertiary/aromatic N) is 3. The number of hydrogen-bond acceptors (Lipinski definition) is 3. The number of fused-ring (bicyclic) bond motifs is 1. The molecular formula is C17H17F2N3O. The Morgan fingerprint density at radius 3 is 2.43 bits per heavy atom. The van der Waals surface area contributed by atoms with Crippen LogP contribution in [0.3, 0.4) is 0 Å². The number of imidazole rings is 1. The van der Waals surface area contributed by atoms with E-state index >= 15 is 0 Å². The molecule has 0 aliphatic heterocycles. The van der Waals surface area contributed by atoms with Crippen molar-refractivity contribution in [1.29, 1.82) is 0 Å². The van der Waals surface area contributed by atoms with Crippen molar-refractivity contribution in [3.63, 3.8) is 0 Å². The monoisotopic (exact) mass is 317 g/mol. The van der Waals surface area contributed by atoms with Crippen LogP contribution in [0.1, 0.15) is 26.3 Å². The third-order valence-corrected chi connectivity index (χ3v) is 3.94. The van der Waals surface area contributed by atoms with Gasteiger partial charge in [0.2, 0.25) is 5.88 Å². The van der Waals surface area contributed by atoms with Gasteiger partial charge in [0.1, 0.15) is 23.0 Å². The van der Waals surface area contributed by atoms with Crippen LogP contribution in [-0.2, 0) is 0 Å². The lowest BCUT2D eigenvalue weighted by Gasteiger charge is -2.16. The molecule has 0 aliphatic rings. The van der Waals surface area contributed by atoms with Gasteiger partial charge < -0.3 is 9.30 Å². The van der Waals surface area contributed by atoms with E-state index in [1.165, 1.54) is 25.3 Å². The van der Waals surface area contributed by atoms with Crippen molar-refractivity contribution < 1.29 is 13.5 Å². The first-order chi connectivity index (χ1) is 11.1. The van der Waals surface area contributed by atoms with Gasteiger partial charge in [0.05, 0.1) is 12.7 Å². The average molecular weight is 317 g/mol. The standard InChI is InChI=1S/C17H17F2N3O/c1-4-10(2)22-16-13(8-9-14(21-16)23-3)20-17(22)15-11(18)6-5-7-12(15)19/h5-10H,4H2,1-3H3. The number of benzene rings is 1. The summed E-state index contributed by atoms with van der Waals surface area (Å²) in [4.78, 5) is 8.82. The van der Waals surface area contributed by atoms with Gasteiger partial charge in [0, 0.05) is 12.1 Å². The zero-order chi connectivity index (χ0) is 16.6. The molecule has 0 N–H and O–H groups in total. The van der Waals surface area contributed by atoms with Crippen LogP contribution in [0.2, 0.25) is 0 Å². The molecular weight excluding hydrogens is 300 g/mol. The van der Waals surface area contributed by atoms with Crippen LogP contribution in [0.5, 0.6) is 5.88 Å². The highest BCUT2D eigenvalue weighted by molar-refractivity contribution is 5.78. The first-order valence-corrected chi connectivity index (χ1v) is 7.44. The van der Waals surface area contributed by atoms with Gasteiger partial charge in [0.15, 0.2) is 5.65 Å². The zero-order valence-electron chi connectivity index (χ0n) is 13.2. The first-order valence-electron chi connectivity index (χ1n) is 7.44. The molecule has 0 amide bonds. The van der Waals surface area contributed by atoms with Gasteiger partial charge in [-0.05, 0) is 31.5 Å². The van der Waals surface area contributed by atoms with Crippen LogP contribution in [0.4, 0.5) is 8.78 Å². The van der Waals surface area contributed by atoms with E-state index in [-0.39, 0.29) is 17.4 Å². The summed E-state index contributed by atoms with van der Waals surface area (Å²) in [5.41, 5.74) is 0.991. The highest BCUT2D eigenvalue weighted by Crippen LogP contribution is 2.32. The lowest BCUT2D eigenvalue weighted by Crippen LogP contribution is -2.08. The van der Waals surface area contributed by atoms with Crippen LogP contribution in [0.15, 0.2) is 30.3 Å². The largest absolute Gasteiger partial charge is 0.481 e. The minimum Gasteiger partial charge on any atom is -0.481 e. The number of ether oxygens (including phenoxy) is 1. The molecule has 120 valence electrons. The Balaban J connectivity index is 2.36. The number of aromatic nitrogens is 3. The molecule has 6 heteroatoms. The summed E-state index contributed by atoms with van der Waals surface area (Å²) in [7, 11) is 1.52. The molecule has 3 rings (SSSR count). The topological polar surface area (TPSA) is 39.9 Å². The van der Waals surface area contributed by atoms with Gasteiger partial charge in [-0.3, -0.25) is 0 Å². The van der Waals surface area contributed by atoms with Crippen LogP contribution in [0, 0.1) is 11.6 Å². The number of pyridine rings is 1. The SMILES string of the molecule is CCC(C)n1c(-c2c(F)cccc2F)nc2ccc(OC)nc21. The summed E-state index contributed by atoms with van der Waals surface area (Å²) in [5.74, 6) is -0.609. The third-order valence-electron chi connectivity index (χ3n) is 3.94. The summed E-state index contributed by atoms with van der Waals surface area (Å²) < 4.78 is 35.4. The average Bonchev–Trinajstić information content (AvgIpc) is 2.91. The summed E-state index contributed by atoms with van der Waals surface area (Å²) >= 11 is 0. The molecule has 0 bridgehead atoms. The minimum absolute atomic E-state index is 0.0198. The van der Waals surface area contributed by atoms with Crippen molar-refractivity contribution in [1.82, 2.24) is 14.5 Å². The van der Waals surface area contributed by atoms with Crippen molar-refractivity contribution >= 4 is 11.2 Å². The molecule has 1 aromatic carbocycles. The molecule has 0 spiro atoms. The van der Waals surface area contributed by atoms with Crippen molar-refractivity contribution in [3.05, 3.63) is 42.0 Å². The second kappa shape index (κ2) is 5.95. The lowest BCUT2D eigenvalue weighted by molar-refractivity contribution is 0.398. The van der Waals surface area contributed by atoms with Crippen LogP contribution in [0.25, 0.3) is 22.6 Å². The molecule has 23 heavy (non-hydrogen) atoms. The van der Waals surface area contributed by atoms with E-state index in [9.17, 15) is 8.78 Å². The molecule has 2 aromatic heterocycles. The van der Waals surface area contributed by atoms with Gasteiger partial charge in [-0.2, -0.15) is 4.98 Å². The Hall–Kier alpha value is -2.50. The van der Waals surface area contributed by atoms with E-state index in [2.05, 4.69) is 9.97 Å². The minimum atomic E-state index is -0.642. The summed E-state index contributed by atoms with van der Waals surface area (Å²) in [6.45, 7) is 3.96. The Morgan fingerprint density at radius 2 is 1.83 bits per heavy atom. The van der Waals surface area contributed by atoms with Crippen molar-refractivity contribution in [2.75, 3.05) is 7.11 Å². The molecule has 0 saturated heterocycles. The predicted molar refractivity (Wildman–Crippen MR) is 84.4 cm³/mol. The van der Waals surface area contributed by atoms with Crippen molar-refractivity contribution in [2.45, 2.75) is 26.3 Å². The highest BCUT2D eigenvalue weighted by atomic mass is 19.1. The summed E-state index contributed by atoms with van der Waals surface area (Å²) in [6.07, 6.45) is 0.771. The van der Waals surface area contributed by atoms with E-state index in [0.717, 1.165) is 6.42 Å². The maximum atomic E-state index is 14.2. The fourth-order valence-electron chi connectivity index (χ4n) is 2.56. The molecule has 0 saturated carbocycles. The van der Waals surface area contributed by atoms with Crippen molar-refractivity contribution in [3.8, 4) is 17.3 Å². The zero-order valence-corrected chi connectivity index (χ0v) is 13.2. The Kier molecular flexibility index (Phi) is 3.98. The Labute approximate surface area is 132 Å². The molecule has 0 fully saturated rings.